The Morgan fingerprint density at radius 1 is 1.21 bits per heavy atom. The number of methoxy groups -OCH3 is 1. The summed E-state index contributed by atoms with van der Waals surface area (Å²) in [7, 11) is 3.29. The molecule has 1 aliphatic rings. The third-order valence-corrected chi connectivity index (χ3v) is 5.70. The maximum Gasteiger partial charge on any atom is 0.254 e. The van der Waals surface area contributed by atoms with Gasteiger partial charge in [0.15, 0.2) is 0 Å². The molecule has 1 aromatic heterocycles. The number of nitrogens with zero attached hydrogens (tertiary/aromatic N) is 3. The van der Waals surface area contributed by atoms with Crippen LogP contribution in [0.25, 0.3) is 0 Å². The first-order chi connectivity index (χ1) is 16.1. The normalized spacial score (nSPS) is 13.3. The number of ether oxygens (including phenoxy) is 2. The molecule has 1 amide bonds. The van der Waals surface area contributed by atoms with E-state index in [4.69, 9.17) is 21.1 Å². The quantitative estimate of drug-likeness (QED) is 0.517. The van der Waals surface area contributed by atoms with Crippen molar-refractivity contribution in [1.29, 1.82) is 0 Å². The number of anilines is 2. The Labute approximate surface area is 197 Å². The standard InChI is InChI=1S/C24H26ClN5O3/c1-26-22(31)19-5-3-4-6-21(19)33-23-20(25)14-27-24(29-23)28-18-8-7-17-15-30(11-12-32-2)10-9-16(17)13-18/h3-8,13-14H,9-12,15H2,1-2H3,(H,26,31)(H,27,28,29). The molecule has 33 heavy (non-hydrogen) atoms. The van der Waals surface area contributed by atoms with Gasteiger partial charge in [0.25, 0.3) is 5.91 Å². The van der Waals surface area contributed by atoms with Crippen molar-refractivity contribution in [3.63, 3.8) is 0 Å². The van der Waals surface area contributed by atoms with Gasteiger partial charge in [0.1, 0.15) is 10.8 Å². The molecule has 172 valence electrons. The lowest BCUT2D eigenvalue weighted by molar-refractivity contribution is 0.0960. The molecule has 0 saturated carbocycles. The average Bonchev–Trinajstić information content (AvgIpc) is 2.84. The number of amides is 1. The van der Waals surface area contributed by atoms with Crippen LogP contribution < -0.4 is 15.4 Å². The molecule has 0 aliphatic carbocycles. The highest BCUT2D eigenvalue weighted by molar-refractivity contribution is 6.31. The van der Waals surface area contributed by atoms with E-state index in [1.807, 2.05) is 6.07 Å². The Kier molecular flexibility index (Phi) is 7.39. The molecule has 0 radical (unpaired) electrons. The number of benzene rings is 2. The minimum absolute atomic E-state index is 0.164. The minimum atomic E-state index is -0.260. The molecule has 0 bridgehead atoms. The van der Waals surface area contributed by atoms with Gasteiger partial charge in [-0.25, -0.2) is 4.98 Å². The third kappa shape index (κ3) is 5.60. The van der Waals surface area contributed by atoms with Gasteiger partial charge < -0.3 is 20.1 Å². The molecule has 0 unspecified atom stereocenters. The van der Waals surface area contributed by atoms with Crippen LogP contribution in [0.5, 0.6) is 11.6 Å². The van der Waals surface area contributed by atoms with Gasteiger partial charge in [0.05, 0.1) is 18.4 Å². The number of carbonyl (C=O) groups is 1. The van der Waals surface area contributed by atoms with Crippen molar-refractivity contribution in [2.75, 3.05) is 39.2 Å². The molecule has 9 heteroatoms. The lowest BCUT2D eigenvalue weighted by Crippen LogP contribution is -2.33. The predicted octanol–water partition coefficient (Wildman–Crippen LogP) is 4.03. The number of hydrogen-bond acceptors (Lipinski definition) is 7. The van der Waals surface area contributed by atoms with E-state index in [-0.39, 0.29) is 16.8 Å². The second-order valence-electron chi connectivity index (χ2n) is 7.65. The number of halogens is 1. The first-order valence-corrected chi connectivity index (χ1v) is 11.1. The predicted molar refractivity (Wildman–Crippen MR) is 128 cm³/mol. The van der Waals surface area contributed by atoms with E-state index in [2.05, 4.69) is 37.6 Å². The summed E-state index contributed by atoms with van der Waals surface area (Å²) in [6.07, 6.45) is 2.45. The van der Waals surface area contributed by atoms with Crippen molar-refractivity contribution < 1.29 is 14.3 Å². The van der Waals surface area contributed by atoms with E-state index >= 15 is 0 Å². The maximum absolute atomic E-state index is 12.1. The first-order valence-electron chi connectivity index (χ1n) is 10.7. The highest BCUT2D eigenvalue weighted by Gasteiger charge is 2.17. The van der Waals surface area contributed by atoms with E-state index in [0.717, 1.165) is 38.3 Å². The van der Waals surface area contributed by atoms with Crippen LogP contribution in [-0.2, 0) is 17.7 Å². The smallest absolute Gasteiger partial charge is 0.254 e. The van der Waals surface area contributed by atoms with Crippen molar-refractivity contribution in [1.82, 2.24) is 20.2 Å². The van der Waals surface area contributed by atoms with E-state index in [0.29, 0.717) is 17.3 Å². The van der Waals surface area contributed by atoms with Gasteiger partial charge in [-0.1, -0.05) is 29.8 Å². The van der Waals surface area contributed by atoms with Crippen molar-refractivity contribution in [3.05, 3.63) is 70.4 Å². The Hall–Kier alpha value is -3.20. The number of rotatable bonds is 8. The van der Waals surface area contributed by atoms with Crippen molar-refractivity contribution in [3.8, 4) is 11.6 Å². The van der Waals surface area contributed by atoms with Crippen LogP contribution in [0.3, 0.4) is 0 Å². The van der Waals surface area contributed by atoms with E-state index in [9.17, 15) is 4.79 Å². The average molecular weight is 468 g/mol. The number of fused-ring (bicyclic) bond motifs is 1. The molecule has 0 saturated heterocycles. The van der Waals surface area contributed by atoms with E-state index < -0.39 is 0 Å². The fourth-order valence-electron chi connectivity index (χ4n) is 3.69. The fourth-order valence-corrected chi connectivity index (χ4v) is 3.82. The number of aromatic nitrogens is 2. The van der Waals surface area contributed by atoms with Crippen LogP contribution in [0.4, 0.5) is 11.6 Å². The third-order valence-electron chi connectivity index (χ3n) is 5.44. The first kappa shape index (κ1) is 23.0. The largest absolute Gasteiger partial charge is 0.437 e. The Bertz CT molecular complexity index is 1140. The lowest BCUT2D eigenvalue weighted by Gasteiger charge is -2.28. The molecule has 1 aliphatic heterocycles. The summed E-state index contributed by atoms with van der Waals surface area (Å²) >= 11 is 6.27. The molecule has 2 heterocycles. The molecule has 0 spiro atoms. The van der Waals surface area contributed by atoms with Crippen LogP contribution in [0.1, 0.15) is 21.5 Å². The highest BCUT2D eigenvalue weighted by atomic mass is 35.5. The molecule has 8 nitrogen and oxygen atoms in total. The monoisotopic (exact) mass is 467 g/mol. The van der Waals surface area contributed by atoms with Gasteiger partial charge in [0, 0.05) is 39.5 Å². The lowest BCUT2D eigenvalue weighted by atomic mass is 9.99. The van der Waals surface area contributed by atoms with Gasteiger partial charge in [-0.3, -0.25) is 9.69 Å². The maximum atomic E-state index is 12.1. The number of carbonyl (C=O) groups excluding carboxylic acids is 1. The zero-order chi connectivity index (χ0) is 23.2. The zero-order valence-corrected chi connectivity index (χ0v) is 19.4. The summed E-state index contributed by atoms with van der Waals surface area (Å²) in [6.45, 7) is 3.58. The van der Waals surface area contributed by atoms with Crippen molar-refractivity contribution in [2.45, 2.75) is 13.0 Å². The van der Waals surface area contributed by atoms with Gasteiger partial charge in [0.2, 0.25) is 11.8 Å². The van der Waals surface area contributed by atoms with Crippen LogP contribution in [0.15, 0.2) is 48.7 Å². The van der Waals surface area contributed by atoms with Gasteiger partial charge >= 0.3 is 0 Å². The minimum Gasteiger partial charge on any atom is -0.437 e. The molecule has 0 atom stereocenters. The fraction of sp³-hybridized carbons (Fsp3) is 0.292. The SMILES string of the molecule is CNC(=O)c1ccccc1Oc1nc(Nc2ccc3c(c2)CCN(CCOC)C3)ncc1Cl. The molecule has 0 fully saturated rings. The summed E-state index contributed by atoms with van der Waals surface area (Å²) < 4.78 is 11.1. The summed E-state index contributed by atoms with van der Waals surface area (Å²) in [5.74, 6) is 0.612. The number of hydrogen-bond donors (Lipinski definition) is 2. The van der Waals surface area contributed by atoms with Crippen LogP contribution in [-0.4, -0.2) is 54.6 Å². The summed E-state index contributed by atoms with van der Waals surface area (Å²) in [5.41, 5.74) is 3.89. The van der Waals surface area contributed by atoms with Gasteiger partial charge in [-0.15, -0.1) is 0 Å². The number of nitrogens with one attached hydrogen (secondary N) is 2. The van der Waals surface area contributed by atoms with E-state index in [1.165, 1.54) is 17.3 Å². The van der Waals surface area contributed by atoms with Gasteiger partial charge in [-0.05, 0) is 41.8 Å². The zero-order valence-electron chi connectivity index (χ0n) is 18.6. The second kappa shape index (κ2) is 10.6. The summed E-state index contributed by atoms with van der Waals surface area (Å²) in [6, 6.07) is 13.2. The molecule has 2 N–H and O–H groups in total. The van der Waals surface area contributed by atoms with Gasteiger partial charge in [-0.2, -0.15) is 4.98 Å². The van der Waals surface area contributed by atoms with Crippen LogP contribution in [0.2, 0.25) is 5.02 Å². The van der Waals surface area contributed by atoms with E-state index in [1.54, 1.807) is 38.4 Å². The molecular weight excluding hydrogens is 442 g/mol. The molecular formula is C24H26ClN5O3. The number of para-hydroxylation sites is 1. The van der Waals surface area contributed by atoms with Crippen molar-refractivity contribution in [2.24, 2.45) is 0 Å². The Balaban J connectivity index is 1.50. The Morgan fingerprint density at radius 2 is 2.06 bits per heavy atom. The second-order valence-corrected chi connectivity index (χ2v) is 8.06. The summed E-state index contributed by atoms with van der Waals surface area (Å²) in [5, 5.41) is 6.07. The molecule has 2 aromatic carbocycles. The highest BCUT2D eigenvalue weighted by Crippen LogP contribution is 2.31. The Morgan fingerprint density at radius 3 is 2.88 bits per heavy atom. The van der Waals surface area contributed by atoms with Crippen LogP contribution in [0, 0.1) is 0 Å². The van der Waals surface area contributed by atoms with Crippen LogP contribution >= 0.6 is 11.6 Å². The summed E-state index contributed by atoms with van der Waals surface area (Å²) in [4.78, 5) is 23.2. The topological polar surface area (TPSA) is 88.6 Å². The molecule has 4 rings (SSSR count). The molecule has 3 aromatic rings. The van der Waals surface area contributed by atoms with Crippen molar-refractivity contribution >= 4 is 29.1 Å².